The number of benzene rings is 1. The zero-order chi connectivity index (χ0) is 16.6. The molecule has 3 rings (SSSR count). The molecule has 1 aromatic heterocycles. The van der Waals surface area contributed by atoms with Crippen LogP contribution in [0.3, 0.4) is 0 Å². The summed E-state index contributed by atoms with van der Waals surface area (Å²) in [6, 6.07) is 8.32. The maximum Gasteiger partial charge on any atom is 0.174 e. The second-order valence-electron chi connectivity index (χ2n) is 6.10. The number of thioether (sulfide) groups is 1. The summed E-state index contributed by atoms with van der Waals surface area (Å²) in [5.74, 6) is 0.105. The predicted molar refractivity (Wildman–Crippen MR) is 96.2 cm³/mol. The number of rotatable bonds is 4. The van der Waals surface area contributed by atoms with Crippen LogP contribution in [0.4, 0.5) is 5.69 Å². The molecule has 1 unspecified atom stereocenters. The average molecular weight is 345 g/mol. The van der Waals surface area contributed by atoms with Crippen LogP contribution in [-0.4, -0.2) is 28.3 Å². The van der Waals surface area contributed by atoms with Gasteiger partial charge in [0.2, 0.25) is 0 Å². The van der Waals surface area contributed by atoms with Gasteiger partial charge in [-0.1, -0.05) is 55.1 Å². The van der Waals surface area contributed by atoms with Gasteiger partial charge < -0.3 is 4.90 Å². The smallest absolute Gasteiger partial charge is 0.174 e. The second kappa shape index (κ2) is 6.09. The van der Waals surface area contributed by atoms with Crippen molar-refractivity contribution < 1.29 is 4.79 Å². The van der Waals surface area contributed by atoms with E-state index in [0.717, 1.165) is 10.0 Å². The molecule has 0 spiro atoms. The Balaban J connectivity index is 1.86. The summed E-state index contributed by atoms with van der Waals surface area (Å²) in [5, 5.41) is 7.63. The minimum atomic E-state index is -0.177. The number of allylic oxidation sites excluding steroid dienone is 2. The molecule has 0 radical (unpaired) electrons. The Morgan fingerprint density at radius 3 is 2.78 bits per heavy atom. The number of para-hydroxylation sites is 1. The molecule has 1 aromatic carbocycles. The number of nitrogens with zero attached hydrogens (tertiary/aromatic N) is 3. The Labute approximate surface area is 144 Å². The highest BCUT2D eigenvalue weighted by atomic mass is 32.2. The lowest BCUT2D eigenvalue weighted by Crippen LogP contribution is -2.25. The molecule has 0 saturated carbocycles. The molecule has 1 aliphatic rings. The maximum absolute atomic E-state index is 12.6. The first-order chi connectivity index (χ1) is 10.9. The molecule has 4 nitrogen and oxygen atoms in total. The highest BCUT2D eigenvalue weighted by molar-refractivity contribution is 8.02. The molecule has 120 valence electrons. The van der Waals surface area contributed by atoms with Crippen molar-refractivity contribution in [2.24, 2.45) is 0 Å². The normalized spacial score (nSPS) is 19.0. The van der Waals surface area contributed by atoms with Gasteiger partial charge in [0.15, 0.2) is 10.1 Å². The minimum absolute atomic E-state index is 0.105. The largest absolute Gasteiger partial charge is 0.347 e. The lowest BCUT2D eigenvalue weighted by Gasteiger charge is -2.24. The number of carbonyl (C=O) groups excluding carboxylic acids is 1. The Hall–Kier alpha value is -1.66. The topological polar surface area (TPSA) is 46.1 Å². The number of likely N-dealkylation sites (N-methyl/N-ethyl adjacent to an activating group) is 1. The summed E-state index contributed by atoms with van der Waals surface area (Å²) in [5.41, 5.74) is 4.97. The lowest BCUT2D eigenvalue weighted by atomic mass is 9.83. The van der Waals surface area contributed by atoms with Crippen LogP contribution in [0, 0.1) is 0 Å². The Morgan fingerprint density at radius 2 is 2.13 bits per heavy atom. The van der Waals surface area contributed by atoms with Crippen LogP contribution < -0.4 is 4.90 Å². The Morgan fingerprint density at radius 1 is 1.39 bits per heavy atom. The van der Waals surface area contributed by atoms with E-state index in [1.807, 2.05) is 26.1 Å². The minimum Gasteiger partial charge on any atom is -0.347 e. The van der Waals surface area contributed by atoms with Gasteiger partial charge in [0.1, 0.15) is 5.51 Å². The summed E-state index contributed by atoms with van der Waals surface area (Å²) in [4.78, 5) is 14.8. The number of hydrogen-bond donors (Lipinski definition) is 0. The van der Waals surface area contributed by atoms with E-state index in [0.29, 0.717) is 0 Å². The zero-order valence-electron chi connectivity index (χ0n) is 13.6. The number of ketones is 1. The Bertz CT molecular complexity index is 753. The molecule has 2 heterocycles. The monoisotopic (exact) mass is 345 g/mol. The quantitative estimate of drug-likeness (QED) is 0.621. The lowest BCUT2D eigenvalue weighted by molar-refractivity contribution is -0.113. The Kier molecular flexibility index (Phi) is 4.29. The molecule has 0 N–H and O–H groups in total. The van der Waals surface area contributed by atoms with Gasteiger partial charge in [0.05, 0.1) is 5.25 Å². The third-order valence-corrected chi connectivity index (χ3v) is 6.17. The van der Waals surface area contributed by atoms with Gasteiger partial charge in [-0.25, -0.2) is 0 Å². The molecule has 6 heteroatoms. The molecule has 0 bridgehead atoms. The summed E-state index contributed by atoms with van der Waals surface area (Å²) < 4.78 is 0.826. The van der Waals surface area contributed by atoms with E-state index in [-0.39, 0.29) is 16.4 Å². The van der Waals surface area contributed by atoms with Crippen molar-refractivity contribution in [1.82, 2.24) is 10.2 Å². The molecule has 0 amide bonds. The van der Waals surface area contributed by atoms with E-state index >= 15 is 0 Å². The molecule has 2 aromatic rings. The van der Waals surface area contributed by atoms with E-state index < -0.39 is 0 Å². The van der Waals surface area contributed by atoms with Crippen LogP contribution in [0.25, 0.3) is 0 Å². The van der Waals surface area contributed by atoms with Gasteiger partial charge in [0, 0.05) is 29.9 Å². The van der Waals surface area contributed by atoms with Crippen LogP contribution in [0.15, 0.2) is 45.9 Å². The van der Waals surface area contributed by atoms with E-state index in [1.54, 1.807) is 11.6 Å². The molecular weight excluding hydrogens is 326 g/mol. The van der Waals surface area contributed by atoms with E-state index in [1.165, 1.54) is 34.3 Å². The van der Waals surface area contributed by atoms with Crippen LogP contribution in [0.2, 0.25) is 0 Å². The molecule has 23 heavy (non-hydrogen) atoms. The molecule has 1 atom stereocenters. The first kappa shape index (κ1) is 16.2. The fourth-order valence-electron chi connectivity index (χ4n) is 2.93. The van der Waals surface area contributed by atoms with E-state index in [4.69, 9.17) is 0 Å². The van der Waals surface area contributed by atoms with Gasteiger partial charge >= 0.3 is 0 Å². The van der Waals surface area contributed by atoms with Crippen molar-refractivity contribution in [2.45, 2.75) is 35.8 Å². The van der Waals surface area contributed by atoms with Gasteiger partial charge in [-0.15, -0.1) is 10.2 Å². The summed E-state index contributed by atoms with van der Waals surface area (Å²) >= 11 is 2.92. The van der Waals surface area contributed by atoms with Gasteiger partial charge in [-0.2, -0.15) is 0 Å². The van der Waals surface area contributed by atoms with Crippen LogP contribution in [0.5, 0.6) is 0 Å². The number of hydrogen-bond acceptors (Lipinski definition) is 6. The number of aromatic nitrogens is 2. The second-order valence-corrected chi connectivity index (χ2v) is 8.52. The van der Waals surface area contributed by atoms with E-state index in [9.17, 15) is 4.79 Å². The number of anilines is 1. The molecule has 0 aliphatic carbocycles. The molecule has 0 saturated heterocycles. The highest BCUT2D eigenvalue weighted by Crippen LogP contribution is 2.46. The maximum atomic E-state index is 12.6. The van der Waals surface area contributed by atoms with Crippen molar-refractivity contribution in [3.8, 4) is 0 Å². The van der Waals surface area contributed by atoms with Crippen molar-refractivity contribution in [3.05, 3.63) is 47.1 Å². The fraction of sp³-hybridized carbons (Fsp3) is 0.353. The fourth-order valence-corrected chi connectivity index (χ4v) is 4.58. The van der Waals surface area contributed by atoms with Crippen LogP contribution in [0.1, 0.15) is 26.3 Å². The first-order valence-corrected chi connectivity index (χ1v) is 9.19. The van der Waals surface area contributed by atoms with Gasteiger partial charge in [-0.05, 0) is 18.6 Å². The summed E-state index contributed by atoms with van der Waals surface area (Å²) in [6.45, 7) is 6.24. The SMILES string of the molecule is CC(Sc1nncs1)C(=O)/C=C1\N(C)c2ccccc2C1(C)C. The molecule has 0 fully saturated rings. The van der Waals surface area contributed by atoms with Gasteiger partial charge in [-0.3, -0.25) is 4.79 Å². The number of fused-ring (bicyclic) bond motifs is 1. The van der Waals surface area contributed by atoms with Crippen molar-refractivity contribution in [2.75, 3.05) is 11.9 Å². The highest BCUT2D eigenvalue weighted by Gasteiger charge is 2.38. The first-order valence-electron chi connectivity index (χ1n) is 7.43. The summed E-state index contributed by atoms with van der Waals surface area (Å²) in [7, 11) is 2.02. The third-order valence-electron chi connectivity index (χ3n) is 4.24. The van der Waals surface area contributed by atoms with Gasteiger partial charge in [0.25, 0.3) is 0 Å². The molecule has 1 aliphatic heterocycles. The van der Waals surface area contributed by atoms with Crippen molar-refractivity contribution >= 4 is 34.6 Å². The standard InChI is InChI=1S/C17H19N3OS2/c1-11(23-16-19-18-10-22-16)14(21)9-15-17(2,3)12-7-5-6-8-13(12)20(15)4/h5-11H,1-4H3/b15-9-. The predicted octanol–water partition coefficient (Wildman–Crippen LogP) is 3.90. The average Bonchev–Trinajstić information content (AvgIpc) is 3.09. The van der Waals surface area contributed by atoms with Crippen LogP contribution in [-0.2, 0) is 10.2 Å². The van der Waals surface area contributed by atoms with E-state index in [2.05, 4.69) is 41.1 Å². The summed E-state index contributed by atoms with van der Waals surface area (Å²) in [6.07, 6.45) is 1.79. The van der Waals surface area contributed by atoms with Crippen molar-refractivity contribution in [3.63, 3.8) is 0 Å². The zero-order valence-corrected chi connectivity index (χ0v) is 15.2. The third kappa shape index (κ3) is 2.93. The van der Waals surface area contributed by atoms with Crippen molar-refractivity contribution in [1.29, 1.82) is 0 Å². The molecular formula is C17H19N3OS2. The number of carbonyl (C=O) groups is 1. The van der Waals surface area contributed by atoms with Crippen LogP contribution >= 0.6 is 23.1 Å².